The summed E-state index contributed by atoms with van der Waals surface area (Å²) in [6, 6.07) is 0. The molecular formula is C8H12BrClN2. The van der Waals surface area contributed by atoms with Crippen molar-refractivity contribution in [2.45, 2.75) is 32.1 Å². The first-order valence-corrected chi connectivity index (χ1v) is 5.32. The number of imidazole rings is 1. The van der Waals surface area contributed by atoms with E-state index in [0.717, 1.165) is 22.5 Å². The fourth-order valence-corrected chi connectivity index (χ4v) is 1.71. The van der Waals surface area contributed by atoms with Crippen LogP contribution >= 0.6 is 27.5 Å². The first-order chi connectivity index (χ1) is 5.69. The molecule has 0 aromatic carbocycles. The molecule has 1 atom stereocenters. The van der Waals surface area contributed by atoms with Crippen LogP contribution in [0.15, 0.2) is 4.60 Å². The largest absolute Gasteiger partial charge is 0.344 e. The third-order valence-corrected chi connectivity index (χ3v) is 2.88. The third kappa shape index (κ3) is 2.02. The van der Waals surface area contributed by atoms with Crippen LogP contribution in [-0.2, 0) is 5.88 Å². The Labute approximate surface area is 85.9 Å². The predicted octanol–water partition coefficient (Wildman–Crippen LogP) is 3.42. The van der Waals surface area contributed by atoms with Gasteiger partial charge in [0.05, 0.1) is 11.6 Å². The Bertz CT molecular complexity index is 260. The molecule has 0 radical (unpaired) electrons. The van der Waals surface area contributed by atoms with Gasteiger partial charge in [-0.05, 0) is 22.4 Å². The van der Waals surface area contributed by atoms with Gasteiger partial charge in [0.1, 0.15) is 10.4 Å². The molecule has 1 N–H and O–H groups in total. The van der Waals surface area contributed by atoms with Gasteiger partial charge in [-0.1, -0.05) is 13.8 Å². The van der Waals surface area contributed by atoms with Gasteiger partial charge in [-0.3, -0.25) is 0 Å². The van der Waals surface area contributed by atoms with Gasteiger partial charge < -0.3 is 4.98 Å². The molecule has 0 saturated heterocycles. The monoisotopic (exact) mass is 250 g/mol. The van der Waals surface area contributed by atoms with Crippen LogP contribution in [0.2, 0.25) is 0 Å². The summed E-state index contributed by atoms with van der Waals surface area (Å²) in [5, 5.41) is 0. The molecule has 0 aliphatic carbocycles. The molecule has 0 bridgehead atoms. The highest BCUT2D eigenvalue weighted by atomic mass is 79.9. The summed E-state index contributed by atoms with van der Waals surface area (Å²) in [5.41, 5.74) is 0.965. The lowest BCUT2D eigenvalue weighted by Crippen LogP contribution is -1.93. The van der Waals surface area contributed by atoms with E-state index in [9.17, 15) is 0 Å². The molecule has 1 aromatic heterocycles. The lowest BCUT2D eigenvalue weighted by molar-refractivity contribution is 0.687. The normalized spacial score (nSPS) is 13.3. The minimum Gasteiger partial charge on any atom is -0.344 e. The zero-order valence-electron chi connectivity index (χ0n) is 7.19. The van der Waals surface area contributed by atoms with E-state index in [4.69, 9.17) is 11.6 Å². The average molecular weight is 252 g/mol. The SMILES string of the molecule is CCC(C)c1nc(Br)c(CCl)[nH]1. The van der Waals surface area contributed by atoms with Crippen molar-refractivity contribution in [2.75, 3.05) is 0 Å². The maximum absolute atomic E-state index is 5.69. The molecule has 12 heavy (non-hydrogen) atoms. The number of H-pyrrole nitrogens is 1. The van der Waals surface area contributed by atoms with E-state index in [1.54, 1.807) is 0 Å². The Morgan fingerprint density at radius 3 is 2.75 bits per heavy atom. The van der Waals surface area contributed by atoms with Gasteiger partial charge in [0, 0.05) is 5.92 Å². The number of nitrogens with one attached hydrogen (secondary N) is 1. The average Bonchev–Trinajstić information content (AvgIpc) is 2.45. The fraction of sp³-hybridized carbons (Fsp3) is 0.625. The van der Waals surface area contributed by atoms with E-state index in [2.05, 4.69) is 39.7 Å². The number of rotatable bonds is 3. The second-order valence-corrected chi connectivity index (χ2v) is 3.85. The molecule has 2 nitrogen and oxygen atoms in total. The highest BCUT2D eigenvalue weighted by Gasteiger charge is 2.10. The highest BCUT2D eigenvalue weighted by Crippen LogP contribution is 2.21. The summed E-state index contributed by atoms with van der Waals surface area (Å²) in [6.45, 7) is 4.28. The van der Waals surface area contributed by atoms with Gasteiger partial charge >= 0.3 is 0 Å². The number of hydrogen-bond acceptors (Lipinski definition) is 1. The van der Waals surface area contributed by atoms with Gasteiger partial charge in [-0.25, -0.2) is 4.98 Å². The fourth-order valence-electron chi connectivity index (χ4n) is 0.923. The van der Waals surface area contributed by atoms with Crippen LogP contribution in [0.1, 0.15) is 37.7 Å². The predicted molar refractivity (Wildman–Crippen MR) is 54.6 cm³/mol. The van der Waals surface area contributed by atoms with Gasteiger partial charge in [0.25, 0.3) is 0 Å². The summed E-state index contributed by atoms with van der Waals surface area (Å²) < 4.78 is 0.841. The van der Waals surface area contributed by atoms with Crippen LogP contribution in [-0.4, -0.2) is 9.97 Å². The van der Waals surface area contributed by atoms with E-state index >= 15 is 0 Å². The topological polar surface area (TPSA) is 28.7 Å². The van der Waals surface area contributed by atoms with Crippen LogP contribution in [0.25, 0.3) is 0 Å². The minimum atomic E-state index is 0.471. The van der Waals surface area contributed by atoms with Crippen LogP contribution in [0.5, 0.6) is 0 Å². The zero-order chi connectivity index (χ0) is 9.14. The Morgan fingerprint density at radius 1 is 1.67 bits per heavy atom. The van der Waals surface area contributed by atoms with Crippen molar-refractivity contribution in [3.05, 3.63) is 16.1 Å². The lowest BCUT2D eigenvalue weighted by atomic mass is 10.1. The van der Waals surface area contributed by atoms with Crippen molar-refractivity contribution in [2.24, 2.45) is 0 Å². The second kappa shape index (κ2) is 4.28. The molecule has 1 unspecified atom stereocenters. The second-order valence-electron chi connectivity index (χ2n) is 2.83. The lowest BCUT2D eigenvalue weighted by Gasteiger charge is -2.02. The summed E-state index contributed by atoms with van der Waals surface area (Å²) in [7, 11) is 0. The third-order valence-electron chi connectivity index (χ3n) is 1.96. The van der Waals surface area contributed by atoms with Crippen molar-refractivity contribution >= 4 is 27.5 Å². The molecule has 0 amide bonds. The van der Waals surface area contributed by atoms with Gasteiger partial charge in [0.2, 0.25) is 0 Å². The molecule has 0 spiro atoms. The van der Waals surface area contributed by atoms with Crippen LogP contribution in [0.4, 0.5) is 0 Å². The maximum Gasteiger partial charge on any atom is 0.128 e. The maximum atomic E-state index is 5.69. The van der Waals surface area contributed by atoms with Gasteiger partial charge in [-0.15, -0.1) is 11.6 Å². The van der Waals surface area contributed by atoms with E-state index in [0.29, 0.717) is 11.8 Å². The molecular weight excluding hydrogens is 239 g/mol. The molecule has 68 valence electrons. The number of halogens is 2. The molecule has 1 heterocycles. The summed E-state index contributed by atoms with van der Waals surface area (Å²) >= 11 is 9.04. The van der Waals surface area contributed by atoms with Crippen molar-refractivity contribution in [1.29, 1.82) is 0 Å². The molecule has 0 aliphatic heterocycles. The standard InChI is InChI=1S/C8H12BrClN2/c1-3-5(2)8-11-6(4-10)7(9)12-8/h5H,3-4H2,1-2H3,(H,11,12). The molecule has 1 rings (SSSR count). The number of nitrogens with zero attached hydrogens (tertiary/aromatic N) is 1. The first kappa shape index (κ1) is 10.1. The Hall–Kier alpha value is -0.0200. The van der Waals surface area contributed by atoms with E-state index < -0.39 is 0 Å². The van der Waals surface area contributed by atoms with Crippen LogP contribution in [0, 0.1) is 0 Å². The number of aromatic amines is 1. The molecule has 0 fully saturated rings. The van der Waals surface area contributed by atoms with Crippen molar-refractivity contribution in [3.63, 3.8) is 0 Å². The smallest absolute Gasteiger partial charge is 0.128 e. The van der Waals surface area contributed by atoms with E-state index in [1.165, 1.54) is 0 Å². The first-order valence-electron chi connectivity index (χ1n) is 3.99. The van der Waals surface area contributed by atoms with Crippen LogP contribution in [0.3, 0.4) is 0 Å². The molecule has 1 aromatic rings. The van der Waals surface area contributed by atoms with Crippen molar-refractivity contribution < 1.29 is 0 Å². The van der Waals surface area contributed by atoms with Crippen molar-refractivity contribution in [1.82, 2.24) is 9.97 Å². The van der Waals surface area contributed by atoms with E-state index in [-0.39, 0.29) is 0 Å². The minimum absolute atomic E-state index is 0.471. The Morgan fingerprint density at radius 2 is 2.33 bits per heavy atom. The van der Waals surface area contributed by atoms with E-state index in [1.807, 2.05) is 0 Å². The van der Waals surface area contributed by atoms with Gasteiger partial charge in [0.15, 0.2) is 0 Å². The zero-order valence-corrected chi connectivity index (χ0v) is 9.54. The van der Waals surface area contributed by atoms with Crippen LogP contribution < -0.4 is 0 Å². The quantitative estimate of drug-likeness (QED) is 0.819. The molecule has 0 aliphatic rings. The van der Waals surface area contributed by atoms with Gasteiger partial charge in [-0.2, -0.15) is 0 Å². The number of aromatic nitrogens is 2. The Balaban J connectivity index is 2.88. The number of hydrogen-bond donors (Lipinski definition) is 1. The number of alkyl halides is 1. The molecule has 0 saturated carbocycles. The molecule has 4 heteroatoms. The van der Waals surface area contributed by atoms with Crippen molar-refractivity contribution in [3.8, 4) is 0 Å². The summed E-state index contributed by atoms with van der Waals surface area (Å²) in [6.07, 6.45) is 1.08. The summed E-state index contributed by atoms with van der Waals surface area (Å²) in [4.78, 5) is 7.52. The summed E-state index contributed by atoms with van der Waals surface area (Å²) in [5.74, 6) is 1.96. The highest BCUT2D eigenvalue weighted by molar-refractivity contribution is 9.10. The Kier molecular flexibility index (Phi) is 3.59.